The maximum Gasteiger partial charge on any atom is 0.237 e. The minimum atomic E-state index is -3.21. The minimum Gasteiger partial charge on any atom is -0.349 e. The van der Waals surface area contributed by atoms with Gasteiger partial charge in [0, 0.05) is 13.1 Å². The number of carbonyl (C=O) groups excluding carboxylic acids is 1. The van der Waals surface area contributed by atoms with E-state index >= 15 is 0 Å². The summed E-state index contributed by atoms with van der Waals surface area (Å²) in [5, 5.41) is 7.52. The number of nitrogens with zero attached hydrogens (tertiary/aromatic N) is 4. The third-order valence-corrected chi connectivity index (χ3v) is 6.26. The Balaban J connectivity index is 1.63. The van der Waals surface area contributed by atoms with Crippen LogP contribution in [0.15, 0.2) is 6.07 Å². The number of amides is 1. The first-order valence-electron chi connectivity index (χ1n) is 8.91. The van der Waals surface area contributed by atoms with E-state index in [1.54, 1.807) is 0 Å². The fourth-order valence-electron chi connectivity index (χ4n) is 3.66. The first-order valence-corrected chi connectivity index (χ1v) is 10.8. The summed E-state index contributed by atoms with van der Waals surface area (Å²) in [5.41, 5.74) is 1.66. The van der Waals surface area contributed by atoms with E-state index in [2.05, 4.69) is 22.2 Å². The molecule has 3 rings (SSSR count). The predicted octanol–water partition coefficient (Wildman–Crippen LogP) is 0.149. The van der Waals surface area contributed by atoms with Crippen molar-refractivity contribution < 1.29 is 13.2 Å². The Morgan fingerprint density at radius 3 is 2.84 bits per heavy atom. The Kier molecular flexibility index (Phi) is 5.45. The smallest absolute Gasteiger partial charge is 0.237 e. The van der Waals surface area contributed by atoms with Gasteiger partial charge >= 0.3 is 0 Å². The zero-order valence-corrected chi connectivity index (χ0v) is 15.8. The highest BCUT2D eigenvalue weighted by molar-refractivity contribution is 7.88. The number of likely N-dealkylation sites (N-methyl/N-ethyl adjacent to an activating group) is 1. The molecule has 1 saturated heterocycles. The van der Waals surface area contributed by atoms with Crippen LogP contribution in [0.5, 0.6) is 0 Å². The van der Waals surface area contributed by atoms with E-state index in [0.717, 1.165) is 43.7 Å². The summed E-state index contributed by atoms with van der Waals surface area (Å²) in [4.78, 5) is 14.6. The van der Waals surface area contributed by atoms with Crippen molar-refractivity contribution in [3.63, 3.8) is 0 Å². The molecule has 1 atom stereocenters. The van der Waals surface area contributed by atoms with Crippen molar-refractivity contribution in [2.45, 2.75) is 51.9 Å². The number of likely N-dealkylation sites (tertiary alicyclic amines) is 1. The van der Waals surface area contributed by atoms with Crippen molar-refractivity contribution in [2.24, 2.45) is 0 Å². The first-order chi connectivity index (χ1) is 11.9. The Labute approximate surface area is 149 Å². The van der Waals surface area contributed by atoms with Gasteiger partial charge in [-0.25, -0.2) is 8.42 Å². The molecule has 1 aromatic rings. The molecule has 0 radical (unpaired) electrons. The number of rotatable bonds is 5. The Morgan fingerprint density at radius 2 is 2.12 bits per heavy atom. The number of fused-ring (bicyclic) bond motifs is 1. The van der Waals surface area contributed by atoms with Crippen LogP contribution >= 0.6 is 0 Å². The molecule has 2 aliphatic heterocycles. The number of nitrogens with one attached hydrogen (secondary N) is 1. The van der Waals surface area contributed by atoms with E-state index in [1.807, 2.05) is 10.7 Å². The molecule has 140 valence electrons. The van der Waals surface area contributed by atoms with Gasteiger partial charge < -0.3 is 5.32 Å². The number of aryl methyl sites for hydroxylation is 1. The molecule has 3 heterocycles. The summed E-state index contributed by atoms with van der Waals surface area (Å²) in [5.74, 6) is 0.0558. The standard InChI is InChI=1S/C16H27N5O3S/c1-3-19-7-4-6-15(19)16(22)17-11-13-10-14-12-20(25(2,23)24)8-5-9-21(14)18-13/h10,15H,3-9,11-12H2,1-2H3,(H,17,22)/t15-/m1/s1. The van der Waals surface area contributed by atoms with Crippen molar-refractivity contribution in [1.82, 2.24) is 24.3 Å². The largest absolute Gasteiger partial charge is 0.349 e. The second kappa shape index (κ2) is 7.43. The molecule has 0 saturated carbocycles. The molecule has 25 heavy (non-hydrogen) atoms. The van der Waals surface area contributed by atoms with Crippen LogP contribution in [0.25, 0.3) is 0 Å². The van der Waals surface area contributed by atoms with Crippen LogP contribution < -0.4 is 5.32 Å². The van der Waals surface area contributed by atoms with Gasteiger partial charge in [0.15, 0.2) is 0 Å². The van der Waals surface area contributed by atoms with Crippen molar-refractivity contribution in [2.75, 3.05) is 25.9 Å². The van der Waals surface area contributed by atoms with Crippen molar-refractivity contribution in [3.05, 3.63) is 17.5 Å². The molecule has 2 aliphatic rings. The van der Waals surface area contributed by atoms with Crippen molar-refractivity contribution >= 4 is 15.9 Å². The molecule has 0 bridgehead atoms. The summed E-state index contributed by atoms with van der Waals surface area (Å²) in [7, 11) is -3.21. The number of carbonyl (C=O) groups is 1. The van der Waals surface area contributed by atoms with Gasteiger partial charge in [-0.05, 0) is 38.4 Å². The molecule has 9 heteroatoms. The van der Waals surface area contributed by atoms with Crippen LogP contribution in [-0.4, -0.2) is 65.2 Å². The van der Waals surface area contributed by atoms with Crippen LogP contribution in [0.3, 0.4) is 0 Å². The summed E-state index contributed by atoms with van der Waals surface area (Å²) in [6.45, 7) is 5.88. The second-order valence-corrected chi connectivity index (χ2v) is 8.79. The fourth-order valence-corrected chi connectivity index (χ4v) is 4.49. The first kappa shape index (κ1) is 18.3. The molecule has 1 N–H and O–H groups in total. The lowest BCUT2D eigenvalue weighted by Gasteiger charge is -2.21. The topological polar surface area (TPSA) is 87.5 Å². The average Bonchev–Trinajstić information content (AvgIpc) is 3.13. The van der Waals surface area contributed by atoms with E-state index in [9.17, 15) is 13.2 Å². The van der Waals surface area contributed by atoms with E-state index in [4.69, 9.17) is 0 Å². The molecular weight excluding hydrogens is 342 g/mol. The summed E-state index contributed by atoms with van der Waals surface area (Å²) in [6.07, 6.45) is 3.94. The molecule has 0 spiro atoms. The lowest BCUT2D eigenvalue weighted by atomic mass is 10.2. The van der Waals surface area contributed by atoms with Gasteiger partial charge in [-0.3, -0.25) is 14.4 Å². The fraction of sp³-hybridized carbons (Fsp3) is 0.750. The predicted molar refractivity (Wildman–Crippen MR) is 94.2 cm³/mol. The Hall–Kier alpha value is -1.45. The highest BCUT2D eigenvalue weighted by atomic mass is 32.2. The molecular formula is C16H27N5O3S. The lowest BCUT2D eigenvalue weighted by Crippen LogP contribution is -2.42. The van der Waals surface area contributed by atoms with Crippen LogP contribution in [0.2, 0.25) is 0 Å². The van der Waals surface area contributed by atoms with Gasteiger partial charge in [0.2, 0.25) is 15.9 Å². The van der Waals surface area contributed by atoms with E-state index < -0.39 is 10.0 Å². The van der Waals surface area contributed by atoms with Gasteiger partial charge in [0.1, 0.15) is 0 Å². The van der Waals surface area contributed by atoms with Crippen LogP contribution in [0.4, 0.5) is 0 Å². The van der Waals surface area contributed by atoms with Crippen molar-refractivity contribution in [1.29, 1.82) is 0 Å². The zero-order chi connectivity index (χ0) is 18.0. The highest BCUT2D eigenvalue weighted by Crippen LogP contribution is 2.18. The quantitative estimate of drug-likeness (QED) is 0.798. The number of hydrogen-bond donors (Lipinski definition) is 1. The maximum absolute atomic E-state index is 12.4. The lowest BCUT2D eigenvalue weighted by molar-refractivity contribution is -0.125. The molecule has 1 amide bonds. The number of hydrogen-bond acceptors (Lipinski definition) is 5. The molecule has 1 aromatic heterocycles. The molecule has 8 nitrogen and oxygen atoms in total. The summed E-state index contributed by atoms with van der Waals surface area (Å²) >= 11 is 0. The zero-order valence-electron chi connectivity index (χ0n) is 14.9. The Morgan fingerprint density at radius 1 is 1.32 bits per heavy atom. The second-order valence-electron chi connectivity index (χ2n) is 6.80. The summed E-state index contributed by atoms with van der Waals surface area (Å²) < 4.78 is 27.0. The van der Waals surface area contributed by atoms with Gasteiger partial charge in [-0.15, -0.1) is 0 Å². The molecule has 0 aromatic carbocycles. The van der Waals surface area contributed by atoms with Crippen LogP contribution in [-0.2, 0) is 34.5 Å². The number of sulfonamides is 1. The molecule has 1 fully saturated rings. The van der Waals surface area contributed by atoms with E-state index in [1.165, 1.54) is 10.6 Å². The van der Waals surface area contributed by atoms with Crippen LogP contribution in [0.1, 0.15) is 37.6 Å². The maximum atomic E-state index is 12.4. The highest BCUT2D eigenvalue weighted by Gasteiger charge is 2.29. The SMILES string of the molecule is CCN1CCC[C@@H]1C(=O)NCc1cc2n(n1)CCCN(S(C)(=O)=O)C2. The van der Waals surface area contributed by atoms with Gasteiger partial charge in [0.25, 0.3) is 0 Å². The van der Waals surface area contributed by atoms with Crippen LogP contribution in [0, 0.1) is 0 Å². The van der Waals surface area contributed by atoms with Gasteiger partial charge in [0.05, 0.1) is 36.8 Å². The average molecular weight is 369 g/mol. The third kappa shape index (κ3) is 4.21. The minimum absolute atomic E-state index is 0.0360. The number of aromatic nitrogens is 2. The third-order valence-electron chi connectivity index (χ3n) is 5.01. The van der Waals surface area contributed by atoms with Gasteiger partial charge in [-0.2, -0.15) is 9.40 Å². The van der Waals surface area contributed by atoms with E-state index in [0.29, 0.717) is 26.2 Å². The van der Waals surface area contributed by atoms with E-state index in [-0.39, 0.29) is 11.9 Å². The van der Waals surface area contributed by atoms with Gasteiger partial charge in [-0.1, -0.05) is 6.92 Å². The molecule has 0 aliphatic carbocycles. The van der Waals surface area contributed by atoms with Crippen molar-refractivity contribution in [3.8, 4) is 0 Å². The monoisotopic (exact) mass is 369 g/mol. The summed E-state index contributed by atoms with van der Waals surface area (Å²) in [6, 6.07) is 1.86. The normalized spacial score (nSPS) is 22.6. The Bertz CT molecular complexity index is 730. The molecule has 0 unspecified atom stereocenters.